The standard InChI is InChI=1S/C9H8FNO2/c10-7-1-3-8(4-2-7)11-6-5-9(12)13/h1-6,11H,(H,12,13)/b6-5-. The van der Waals surface area contributed by atoms with Crippen LogP contribution in [-0.2, 0) is 4.79 Å². The minimum atomic E-state index is -1.03. The van der Waals surface area contributed by atoms with E-state index in [1.807, 2.05) is 0 Å². The van der Waals surface area contributed by atoms with E-state index in [0.29, 0.717) is 5.69 Å². The van der Waals surface area contributed by atoms with Crippen molar-refractivity contribution in [2.75, 3.05) is 5.32 Å². The molecule has 13 heavy (non-hydrogen) atoms. The first kappa shape index (κ1) is 9.25. The van der Waals surface area contributed by atoms with Crippen LogP contribution in [0.1, 0.15) is 0 Å². The second kappa shape index (κ2) is 4.25. The number of hydrogen-bond acceptors (Lipinski definition) is 2. The molecular formula is C9H8FNO2. The van der Waals surface area contributed by atoms with Gasteiger partial charge in [-0.05, 0) is 24.3 Å². The molecular weight excluding hydrogens is 173 g/mol. The van der Waals surface area contributed by atoms with Gasteiger partial charge in [0.1, 0.15) is 5.82 Å². The molecule has 0 saturated carbocycles. The zero-order valence-corrected chi connectivity index (χ0v) is 6.70. The second-order valence-corrected chi connectivity index (χ2v) is 2.32. The predicted octanol–water partition coefficient (Wildman–Crippen LogP) is 1.84. The van der Waals surface area contributed by atoms with Crippen molar-refractivity contribution in [3.05, 3.63) is 42.4 Å². The molecule has 1 aromatic rings. The third kappa shape index (κ3) is 3.37. The molecule has 4 heteroatoms. The zero-order valence-electron chi connectivity index (χ0n) is 6.70. The average molecular weight is 181 g/mol. The van der Waals surface area contributed by atoms with Crippen molar-refractivity contribution in [2.24, 2.45) is 0 Å². The normalized spacial score (nSPS) is 10.2. The maximum absolute atomic E-state index is 12.4. The van der Waals surface area contributed by atoms with E-state index in [1.54, 1.807) is 0 Å². The third-order valence-electron chi connectivity index (χ3n) is 1.32. The summed E-state index contributed by atoms with van der Waals surface area (Å²) >= 11 is 0. The van der Waals surface area contributed by atoms with Crippen LogP contribution in [0, 0.1) is 5.82 Å². The maximum Gasteiger partial charge on any atom is 0.329 e. The Morgan fingerprint density at radius 2 is 2.00 bits per heavy atom. The van der Waals surface area contributed by atoms with Gasteiger partial charge in [0.25, 0.3) is 0 Å². The van der Waals surface area contributed by atoms with Crippen LogP contribution in [0.5, 0.6) is 0 Å². The van der Waals surface area contributed by atoms with E-state index in [2.05, 4.69) is 5.32 Å². The van der Waals surface area contributed by atoms with Gasteiger partial charge in [-0.3, -0.25) is 0 Å². The van der Waals surface area contributed by atoms with Crippen LogP contribution in [0.15, 0.2) is 36.5 Å². The molecule has 0 fully saturated rings. The molecule has 68 valence electrons. The highest BCUT2D eigenvalue weighted by Gasteiger charge is 1.90. The Kier molecular flexibility index (Phi) is 3.03. The summed E-state index contributed by atoms with van der Waals surface area (Å²) in [6, 6.07) is 5.61. The molecule has 0 spiro atoms. The van der Waals surface area contributed by atoms with Crippen molar-refractivity contribution >= 4 is 11.7 Å². The highest BCUT2D eigenvalue weighted by atomic mass is 19.1. The number of anilines is 1. The van der Waals surface area contributed by atoms with Crippen molar-refractivity contribution < 1.29 is 14.3 Å². The Bertz CT molecular complexity index is 319. The van der Waals surface area contributed by atoms with Crippen molar-refractivity contribution in [3.8, 4) is 0 Å². The number of hydrogen-bond donors (Lipinski definition) is 2. The molecule has 0 heterocycles. The van der Waals surface area contributed by atoms with Crippen molar-refractivity contribution in [2.45, 2.75) is 0 Å². The number of halogens is 1. The number of carboxylic acids is 1. The average Bonchev–Trinajstić information content (AvgIpc) is 2.08. The van der Waals surface area contributed by atoms with Crippen molar-refractivity contribution in [3.63, 3.8) is 0 Å². The molecule has 2 N–H and O–H groups in total. The fraction of sp³-hybridized carbons (Fsp3) is 0. The van der Waals surface area contributed by atoms with Gasteiger partial charge in [0, 0.05) is 18.0 Å². The van der Waals surface area contributed by atoms with Gasteiger partial charge in [-0.25, -0.2) is 9.18 Å². The quantitative estimate of drug-likeness (QED) is 0.699. The van der Waals surface area contributed by atoms with Gasteiger partial charge in [0.05, 0.1) is 0 Å². The first-order chi connectivity index (χ1) is 6.18. The predicted molar refractivity (Wildman–Crippen MR) is 46.8 cm³/mol. The first-order valence-electron chi connectivity index (χ1n) is 3.60. The summed E-state index contributed by atoms with van der Waals surface area (Å²) in [6.07, 6.45) is 2.24. The smallest absolute Gasteiger partial charge is 0.329 e. The molecule has 1 rings (SSSR count). The molecule has 0 aliphatic heterocycles. The van der Waals surface area contributed by atoms with E-state index < -0.39 is 5.97 Å². The molecule has 0 aromatic heterocycles. The lowest BCUT2D eigenvalue weighted by Crippen LogP contribution is -1.91. The maximum atomic E-state index is 12.4. The van der Waals surface area contributed by atoms with E-state index >= 15 is 0 Å². The summed E-state index contributed by atoms with van der Waals surface area (Å²) < 4.78 is 12.4. The van der Waals surface area contributed by atoms with Gasteiger partial charge in [-0.15, -0.1) is 0 Å². The van der Waals surface area contributed by atoms with E-state index in [9.17, 15) is 9.18 Å². The van der Waals surface area contributed by atoms with E-state index in [-0.39, 0.29) is 5.82 Å². The third-order valence-corrected chi connectivity index (χ3v) is 1.32. The fourth-order valence-electron chi connectivity index (χ4n) is 0.755. The number of carbonyl (C=O) groups is 1. The summed E-state index contributed by atoms with van der Waals surface area (Å²) in [5.74, 6) is -1.36. The molecule has 0 aliphatic rings. The monoisotopic (exact) mass is 181 g/mol. The SMILES string of the molecule is O=C(O)/C=C\Nc1ccc(F)cc1. The summed E-state index contributed by atoms with van der Waals surface area (Å²) in [4.78, 5) is 10.1. The lowest BCUT2D eigenvalue weighted by atomic mass is 10.3. The Morgan fingerprint density at radius 1 is 1.38 bits per heavy atom. The first-order valence-corrected chi connectivity index (χ1v) is 3.60. The minimum Gasteiger partial charge on any atom is -0.478 e. The molecule has 0 atom stereocenters. The minimum absolute atomic E-state index is 0.326. The molecule has 0 radical (unpaired) electrons. The highest BCUT2D eigenvalue weighted by Crippen LogP contribution is 2.07. The molecule has 0 amide bonds. The number of benzene rings is 1. The Balaban J connectivity index is 2.55. The van der Waals surface area contributed by atoms with Gasteiger partial charge in [-0.1, -0.05) is 0 Å². The van der Waals surface area contributed by atoms with Crippen LogP contribution in [-0.4, -0.2) is 11.1 Å². The highest BCUT2D eigenvalue weighted by molar-refractivity contribution is 5.80. The number of aliphatic carboxylic acids is 1. The lowest BCUT2D eigenvalue weighted by Gasteiger charge is -1.98. The summed E-state index contributed by atoms with van der Waals surface area (Å²) in [7, 11) is 0. The van der Waals surface area contributed by atoms with E-state index in [0.717, 1.165) is 6.08 Å². The second-order valence-electron chi connectivity index (χ2n) is 2.32. The fourth-order valence-corrected chi connectivity index (χ4v) is 0.755. The van der Waals surface area contributed by atoms with Gasteiger partial charge < -0.3 is 10.4 Å². The molecule has 0 bridgehead atoms. The Hall–Kier alpha value is -1.84. The number of nitrogens with one attached hydrogen (secondary N) is 1. The zero-order chi connectivity index (χ0) is 9.68. The van der Waals surface area contributed by atoms with Crippen LogP contribution in [0.25, 0.3) is 0 Å². The summed E-state index contributed by atoms with van der Waals surface area (Å²) in [5, 5.41) is 10.9. The van der Waals surface area contributed by atoms with Crippen LogP contribution < -0.4 is 5.32 Å². The van der Waals surface area contributed by atoms with Crippen molar-refractivity contribution in [1.29, 1.82) is 0 Å². The summed E-state index contributed by atoms with van der Waals surface area (Å²) in [5.41, 5.74) is 0.638. The van der Waals surface area contributed by atoms with Crippen LogP contribution in [0.2, 0.25) is 0 Å². The number of rotatable bonds is 3. The van der Waals surface area contributed by atoms with E-state index in [4.69, 9.17) is 5.11 Å². The lowest BCUT2D eigenvalue weighted by molar-refractivity contribution is -0.131. The topological polar surface area (TPSA) is 49.3 Å². The molecule has 0 unspecified atom stereocenters. The molecule has 3 nitrogen and oxygen atoms in total. The van der Waals surface area contributed by atoms with Crippen LogP contribution in [0.4, 0.5) is 10.1 Å². The number of carboxylic acid groups (broad SMARTS) is 1. The largest absolute Gasteiger partial charge is 0.478 e. The van der Waals surface area contributed by atoms with Gasteiger partial charge >= 0.3 is 5.97 Å². The molecule has 0 saturated heterocycles. The van der Waals surface area contributed by atoms with E-state index in [1.165, 1.54) is 30.5 Å². The van der Waals surface area contributed by atoms with Gasteiger partial charge in [0.15, 0.2) is 0 Å². The Labute approximate surface area is 74.5 Å². The van der Waals surface area contributed by atoms with Crippen LogP contribution >= 0.6 is 0 Å². The van der Waals surface area contributed by atoms with Gasteiger partial charge in [-0.2, -0.15) is 0 Å². The van der Waals surface area contributed by atoms with Gasteiger partial charge in [0.2, 0.25) is 0 Å². The Morgan fingerprint density at radius 3 is 2.54 bits per heavy atom. The molecule has 0 aliphatic carbocycles. The van der Waals surface area contributed by atoms with Crippen molar-refractivity contribution in [1.82, 2.24) is 0 Å². The van der Waals surface area contributed by atoms with Crippen LogP contribution in [0.3, 0.4) is 0 Å². The summed E-state index contributed by atoms with van der Waals surface area (Å²) in [6.45, 7) is 0. The molecule has 1 aromatic carbocycles.